The van der Waals surface area contributed by atoms with E-state index in [0.717, 1.165) is 25.9 Å². The van der Waals surface area contributed by atoms with Gasteiger partial charge in [0.15, 0.2) is 0 Å². The molecule has 2 fully saturated rings. The second-order valence-electron chi connectivity index (χ2n) is 9.28. The van der Waals surface area contributed by atoms with Gasteiger partial charge in [-0.05, 0) is 58.6 Å². The van der Waals surface area contributed by atoms with Crippen molar-refractivity contribution in [2.24, 2.45) is 0 Å². The molecule has 1 aromatic rings. The molecule has 2 heterocycles. The fraction of sp³-hybridized carbons (Fsp3) is 0.667. The van der Waals surface area contributed by atoms with Crippen molar-refractivity contribution in [1.29, 1.82) is 0 Å². The SMILES string of the molecule is CC(C)(C)N(C(=O)O)S(=O)(=O)N1CCC(N2CCC(Oc3ccc(Cl)c(Cl)c3)CC2)CC1. The number of hydrogen-bond acceptors (Lipinski definition) is 5. The van der Waals surface area contributed by atoms with Crippen LogP contribution in [0.1, 0.15) is 46.5 Å². The van der Waals surface area contributed by atoms with Gasteiger partial charge in [0.25, 0.3) is 0 Å². The number of nitrogens with zero attached hydrogens (tertiary/aromatic N) is 3. The maximum atomic E-state index is 12.9. The molecule has 0 aliphatic carbocycles. The zero-order chi connectivity index (χ0) is 23.7. The minimum Gasteiger partial charge on any atom is -0.490 e. The van der Waals surface area contributed by atoms with Crippen LogP contribution in [0.4, 0.5) is 4.79 Å². The first-order valence-corrected chi connectivity index (χ1v) is 12.9. The fourth-order valence-corrected chi connectivity index (χ4v) is 6.47. The highest BCUT2D eigenvalue weighted by Gasteiger charge is 2.42. The molecule has 0 aromatic heterocycles. The first-order chi connectivity index (χ1) is 14.9. The number of hydrogen-bond donors (Lipinski definition) is 1. The minimum atomic E-state index is -4.08. The van der Waals surface area contributed by atoms with Gasteiger partial charge in [0.2, 0.25) is 0 Å². The van der Waals surface area contributed by atoms with Crippen LogP contribution < -0.4 is 4.74 Å². The predicted molar refractivity (Wildman–Crippen MR) is 125 cm³/mol. The third-order valence-corrected chi connectivity index (χ3v) is 8.87. The van der Waals surface area contributed by atoms with Gasteiger partial charge in [-0.15, -0.1) is 0 Å². The first-order valence-electron chi connectivity index (χ1n) is 10.8. The van der Waals surface area contributed by atoms with E-state index in [0.29, 0.717) is 46.0 Å². The van der Waals surface area contributed by atoms with Crippen LogP contribution in [-0.4, -0.2) is 77.0 Å². The van der Waals surface area contributed by atoms with Gasteiger partial charge < -0.3 is 14.7 Å². The lowest BCUT2D eigenvalue weighted by Gasteiger charge is -2.43. The second-order valence-corrected chi connectivity index (χ2v) is 11.9. The van der Waals surface area contributed by atoms with Crippen LogP contribution >= 0.6 is 23.2 Å². The molecule has 1 N–H and O–H groups in total. The zero-order valence-electron chi connectivity index (χ0n) is 18.6. The van der Waals surface area contributed by atoms with Crippen molar-refractivity contribution >= 4 is 39.5 Å². The molecule has 32 heavy (non-hydrogen) atoms. The molecular weight excluding hydrogens is 477 g/mol. The molecule has 0 spiro atoms. The molecule has 0 atom stereocenters. The summed E-state index contributed by atoms with van der Waals surface area (Å²) < 4.78 is 33.8. The summed E-state index contributed by atoms with van der Waals surface area (Å²) in [5, 5.41) is 10.4. The molecular formula is C21H31Cl2N3O5S. The molecule has 0 bridgehead atoms. The van der Waals surface area contributed by atoms with E-state index in [1.54, 1.807) is 32.9 Å². The predicted octanol–water partition coefficient (Wildman–Crippen LogP) is 4.32. The number of amides is 1. The van der Waals surface area contributed by atoms with Gasteiger partial charge in [-0.3, -0.25) is 0 Å². The summed E-state index contributed by atoms with van der Waals surface area (Å²) in [7, 11) is -4.08. The Labute approximate surface area is 200 Å². The highest BCUT2D eigenvalue weighted by Crippen LogP contribution is 2.30. The quantitative estimate of drug-likeness (QED) is 0.637. The molecule has 11 heteroatoms. The number of carboxylic acid groups (broad SMARTS) is 1. The van der Waals surface area contributed by atoms with Gasteiger partial charge in [0.05, 0.1) is 15.6 Å². The molecule has 2 aliphatic rings. The van der Waals surface area contributed by atoms with Crippen LogP contribution in [-0.2, 0) is 10.2 Å². The van der Waals surface area contributed by atoms with Crippen molar-refractivity contribution < 1.29 is 23.1 Å². The van der Waals surface area contributed by atoms with Crippen LogP contribution in [0, 0.1) is 0 Å². The number of benzene rings is 1. The van der Waals surface area contributed by atoms with Crippen molar-refractivity contribution in [3.63, 3.8) is 0 Å². The van der Waals surface area contributed by atoms with E-state index < -0.39 is 21.8 Å². The summed E-state index contributed by atoms with van der Waals surface area (Å²) in [4.78, 5) is 14.0. The topological polar surface area (TPSA) is 90.4 Å². The maximum absolute atomic E-state index is 12.9. The summed E-state index contributed by atoms with van der Waals surface area (Å²) in [6, 6.07) is 5.54. The number of ether oxygens (including phenoxy) is 1. The smallest absolute Gasteiger partial charge is 0.422 e. The highest BCUT2D eigenvalue weighted by atomic mass is 35.5. The van der Waals surface area contributed by atoms with Crippen LogP contribution in [0.3, 0.4) is 0 Å². The van der Waals surface area contributed by atoms with Crippen LogP contribution in [0.15, 0.2) is 18.2 Å². The summed E-state index contributed by atoms with van der Waals surface area (Å²) in [6.45, 7) is 7.10. The lowest BCUT2D eigenvalue weighted by Crippen LogP contribution is -2.57. The molecule has 3 rings (SSSR count). The second kappa shape index (κ2) is 9.93. The average Bonchev–Trinajstić information content (AvgIpc) is 2.70. The number of piperidine rings is 2. The van der Waals surface area contributed by atoms with Crippen molar-refractivity contribution in [2.75, 3.05) is 26.2 Å². The maximum Gasteiger partial charge on any atom is 0.422 e. The van der Waals surface area contributed by atoms with Gasteiger partial charge in [0.1, 0.15) is 11.9 Å². The summed E-state index contributed by atoms with van der Waals surface area (Å²) in [5.41, 5.74) is -1.04. The Morgan fingerprint density at radius 1 is 1.06 bits per heavy atom. The average molecular weight is 508 g/mol. The molecule has 1 aromatic carbocycles. The molecule has 1 amide bonds. The highest BCUT2D eigenvalue weighted by molar-refractivity contribution is 7.87. The van der Waals surface area contributed by atoms with E-state index in [-0.39, 0.29) is 12.1 Å². The number of likely N-dealkylation sites (tertiary alicyclic amines) is 1. The van der Waals surface area contributed by atoms with E-state index >= 15 is 0 Å². The van der Waals surface area contributed by atoms with Gasteiger partial charge in [-0.2, -0.15) is 17.0 Å². The monoisotopic (exact) mass is 507 g/mol. The molecule has 2 saturated heterocycles. The first kappa shape index (κ1) is 25.4. The third kappa shape index (κ3) is 5.80. The molecule has 8 nitrogen and oxygen atoms in total. The van der Waals surface area contributed by atoms with Crippen molar-refractivity contribution in [1.82, 2.24) is 13.5 Å². The van der Waals surface area contributed by atoms with Gasteiger partial charge >= 0.3 is 16.3 Å². The van der Waals surface area contributed by atoms with Crippen LogP contribution in [0.25, 0.3) is 0 Å². The van der Waals surface area contributed by atoms with E-state index in [1.165, 1.54) is 4.31 Å². The van der Waals surface area contributed by atoms with E-state index in [4.69, 9.17) is 27.9 Å². The Bertz CT molecular complexity index is 922. The van der Waals surface area contributed by atoms with Gasteiger partial charge in [0, 0.05) is 38.3 Å². The molecule has 0 saturated carbocycles. The number of rotatable bonds is 5. The molecule has 2 aliphatic heterocycles. The lowest BCUT2D eigenvalue weighted by atomic mass is 10.00. The van der Waals surface area contributed by atoms with Gasteiger partial charge in [-0.25, -0.2) is 4.79 Å². The standard InChI is InChI=1S/C21H31Cl2N3O5S/c1-21(2,3)26(20(27)28)32(29,30)25-12-6-15(7-13-25)24-10-8-16(9-11-24)31-17-4-5-18(22)19(23)14-17/h4-5,14-16H,6-13H2,1-3H3,(H,27,28). The zero-order valence-corrected chi connectivity index (χ0v) is 21.0. The lowest BCUT2D eigenvalue weighted by molar-refractivity contribution is 0.0575. The van der Waals surface area contributed by atoms with Gasteiger partial charge in [-0.1, -0.05) is 23.2 Å². The largest absolute Gasteiger partial charge is 0.490 e. The van der Waals surface area contributed by atoms with Crippen LogP contribution in [0.2, 0.25) is 10.0 Å². The normalized spacial score (nSPS) is 20.3. The minimum absolute atomic E-state index is 0.0971. The Balaban J connectivity index is 1.52. The fourth-order valence-electron chi connectivity index (χ4n) is 4.39. The van der Waals surface area contributed by atoms with Crippen LogP contribution in [0.5, 0.6) is 5.75 Å². The third-order valence-electron chi connectivity index (χ3n) is 5.95. The Morgan fingerprint density at radius 3 is 2.16 bits per heavy atom. The van der Waals surface area contributed by atoms with Crippen molar-refractivity contribution in [2.45, 2.75) is 64.1 Å². The van der Waals surface area contributed by atoms with E-state index in [1.807, 2.05) is 6.07 Å². The number of carbonyl (C=O) groups is 1. The Kier molecular flexibility index (Phi) is 7.87. The summed E-state index contributed by atoms with van der Waals surface area (Å²) in [5.74, 6) is 0.707. The molecule has 0 radical (unpaired) electrons. The van der Waals surface area contributed by atoms with Crippen molar-refractivity contribution in [3.05, 3.63) is 28.2 Å². The van der Waals surface area contributed by atoms with Crippen molar-refractivity contribution in [3.8, 4) is 5.75 Å². The summed E-state index contributed by atoms with van der Waals surface area (Å²) in [6.07, 6.45) is 1.73. The van der Waals surface area contributed by atoms with E-state index in [9.17, 15) is 18.3 Å². The molecule has 180 valence electrons. The Hall–Kier alpha value is -1.26. The number of halogens is 2. The summed E-state index contributed by atoms with van der Waals surface area (Å²) >= 11 is 12.0. The van der Waals surface area contributed by atoms with E-state index in [2.05, 4.69) is 4.90 Å². The molecule has 0 unspecified atom stereocenters. The Morgan fingerprint density at radius 2 is 1.66 bits per heavy atom.